The standard InChI is InChI=1S/C38H24O/c1-3-11-25(12-4-1)27-19-21-29-34-23-28(20-22-35(34)39-36(29)24-27)38-32-17-9-7-15-30(32)37(26-13-5-2-6-14-26)31-16-8-10-18-33(31)38/h1-24H/i1D,2D,3D,4D,5D,6D,11D,12D,13D,14D. The summed E-state index contributed by atoms with van der Waals surface area (Å²) in [5, 5.41) is 4.79. The Morgan fingerprint density at radius 1 is 0.385 bits per heavy atom. The van der Waals surface area contributed by atoms with Crippen molar-refractivity contribution in [1.29, 1.82) is 0 Å². The molecule has 0 unspecified atom stereocenters. The topological polar surface area (TPSA) is 13.1 Å². The van der Waals surface area contributed by atoms with Crippen molar-refractivity contribution >= 4 is 43.5 Å². The molecule has 0 atom stereocenters. The van der Waals surface area contributed by atoms with Gasteiger partial charge in [0, 0.05) is 10.8 Å². The predicted octanol–water partition coefficient (Wildman–Crippen LogP) is 10.9. The monoisotopic (exact) mass is 506 g/mol. The Morgan fingerprint density at radius 3 is 1.54 bits per heavy atom. The van der Waals surface area contributed by atoms with Crippen molar-refractivity contribution in [2.24, 2.45) is 0 Å². The second-order valence-corrected chi connectivity index (χ2v) is 9.37. The van der Waals surface area contributed by atoms with Crippen LogP contribution in [0.4, 0.5) is 0 Å². The third-order valence-corrected chi connectivity index (χ3v) is 7.23. The van der Waals surface area contributed by atoms with Crippen LogP contribution in [-0.2, 0) is 0 Å². The van der Waals surface area contributed by atoms with Crippen LogP contribution in [-0.4, -0.2) is 0 Å². The lowest BCUT2D eigenvalue weighted by Gasteiger charge is -2.17. The van der Waals surface area contributed by atoms with Crippen LogP contribution in [0.15, 0.2) is 150 Å². The lowest BCUT2D eigenvalue weighted by molar-refractivity contribution is 0.669. The summed E-state index contributed by atoms with van der Waals surface area (Å²) < 4.78 is 89.6. The van der Waals surface area contributed by atoms with Gasteiger partial charge in [0.2, 0.25) is 0 Å². The summed E-state index contributed by atoms with van der Waals surface area (Å²) in [5.41, 5.74) is 4.18. The summed E-state index contributed by atoms with van der Waals surface area (Å²) in [7, 11) is 0. The van der Waals surface area contributed by atoms with Gasteiger partial charge in [-0.15, -0.1) is 0 Å². The third kappa shape index (κ3) is 3.48. The maximum atomic E-state index is 8.78. The van der Waals surface area contributed by atoms with Crippen LogP contribution in [0.25, 0.3) is 76.9 Å². The van der Waals surface area contributed by atoms with Crippen LogP contribution >= 0.6 is 0 Å². The molecule has 1 aromatic heterocycles. The van der Waals surface area contributed by atoms with Crippen molar-refractivity contribution in [2.45, 2.75) is 0 Å². The van der Waals surface area contributed by atoms with Crippen molar-refractivity contribution in [3.63, 3.8) is 0 Å². The van der Waals surface area contributed by atoms with Crippen LogP contribution < -0.4 is 0 Å². The Hall–Kier alpha value is -5.14. The average Bonchev–Trinajstić information content (AvgIpc) is 3.48. The number of hydrogen-bond donors (Lipinski definition) is 0. The molecule has 8 aromatic rings. The molecule has 1 heterocycles. The van der Waals surface area contributed by atoms with Gasteiger partial charge in [0.15, 0.2) is 0 Å². The van der Waals surface area contributed by atoms with E-state index in [0.29, 0.717) is 22.3 Å². The van der Waals surface area contributed by atoms with Gasteiger partial charge in [-0.1, -0.05) is 121 Å². The van der Waals surface area contributed by atoms with Crippen LogP contribution in [0, 0.1) is 0 Å². The minimum Gasteiger partial charge on any atom is -0.456 e. The van der Waals surface area contributed by atoms with Crippen molar-refractivity contribution in [1.82, 2.24) is 0 Å². The third-order valence-electron chi connectivity index (χ3n) is 7.23. The molecule has 0 spiro atoms. The van der Waals surface area contributed by atoms with Gasteiger partial charge in [-0.2, -0.15) is 0 Å². The molecule has 39 heavy (non-hydrogen) atoms. The van der Waals surface area contributed by atoms with Crippen LogP contribution in [0.2, 0.25) is 0 Å². The molecule has 0 aliphatic rings. The molecule has 0 fully saturated rings. The van der Waals surface area contributed by atoms with Gasteiger partial charge in [-0.25, -0.2) is 0 Å². The second kappa shape index (κ2) is 8.72. The van der Waals surface area contributed by atoms with Gasteiger partial charge in [0.05, 0.1) is 13.7 Å². The highest BCUT2D eigenvalue weighted by atomic mass is 16.3. The van der Waals surface area contributed by atoms with E-state index in [9.17, 15) is 0 Å². The van der Waals surface area contributed by atoms with Gasteiger partial charge >= 0.3 is 0 Å². The Kier molecular flexibility index (Phi) is 3.16. The summed E-state index contributed by atoms with van der Waals surface area (Å²) in [6.45, 7) is 0. The molecule has 0 radical (unpaired) electrons. The van der Waals surface area contributed by atoms with Gasteiger partial charge in [0.1, 0.15) is 11.2 Å². The number of benzene rings is 7. The molecule has 0 amide bonds. The van der Waals surface area contributed by atoms with Gasteiger partial charge in [-0.3, -0.25) is 0 Å². The van der Waals surface area contributed by atoms with Gasteiger partial charge < -0.3 is 4.42 Å². The zero-order chi connectivity index (χ0) is 34.5. The zero-order valence-corrected chi connectivity index (χ0v) is 20.5. The van der Waals surface area contributed by atoms with E-state index in [4.69, 9.17) is 18.1 Å². The average molecular weight is 507 g/mol. The van der Waals surface area contributed by atoms with E-state index in [1.165, 1.54) is 0 Å². The molecule has 0 bridgehead atoms. The highest BCUT2D eigenvalue weighted by Gasteiger charge is 2.17. The molecule has 7 aromatic carbocycles. The first-order chi connectivity index (χ1) is 23.5. The minimum absolute atomic E-state index is 0.103. The Morgan fingerprint density at radius 2 is 0.923 bits per heavy atom. The first kappa shape index (κ1) is 14.1. The molecule has 1 nitrogen and oxygen atoms in total. The van der Waals surface area contributed by atoms with E-state index in [0.717, 1.165) is 43.4 Å². The van der Waals surface area contributed by atoms with E-state index < -0.39 is 24.2 Å². The number of rotatable bonds is 3. The zero-order valence-electron chi connectivity index (χ0n) is 30.5. The highest BCUT2D eigenvalue weighted by Crippen LogP contribution is 2.44. The fourth-order valence-corrected chi connectivity index (χ4v) is 5.57. The van der Waals surface area contributed by atoms with Crippen LogP contribution in [0.3, 0.4) is 0 Å². The maximum absolute atomic E-state index is 8.78. The van der Waals surface area contributed by atoms with Crippen molar-refractivity contribution in [2.75, 3.05) is 0 Å². The largest absolute Gasteiger partial charge is 0.456 e. The molecule has 8 rings (SSSR count). The van der Waals surface area contributed by atoms with E-state index in [1.54, 1.807) is 12.1 Å². The second-order valence-electron chi connectivity index (χ2n) is 9.37. The van der Waals surface area contributed by atoms with Gasteiger partial charge in [-0.05, 0) is 79.2 Å². The van der Waals surface area contributed by atoms with Crippen LogP contribution in [0.5, 0.6) is 0 Å². The number of furan rings is 1. The summed E-state index contributed by atoms with van der Waals surface area (Å²) in [6, 6.07) is 22.9. The Bertz CT molecular complexity index is 2620. The van der Waals surface area contributed by atoms with E-state index in [1.807, 2.05) is 72.8 Å². The maximum Gasteiger partial charge on any atom is 0.136 e. The van der Waals surface area contributed by atoms with Crippen molar-refractivity contribution in [3.8, 4) is 33.4 Å². The lowest BCUT2D eigenvalue weighted by atomic mass is 9.86. The highest BCUT2D eigenvalue weighted by molar-refractivity contribution is 6.22. The predicted molar refractivity (Wildman–Crippen MR) is 165 cm³/mol. The normalized spacial score (nSPS) is 15.2. The first-order valence-electron chi connectivity index (χ1n) is 17.5. The molecular weight excluding hydrogens is 472 g/mol. The first-order valence-corrected chi connectivity index (χ1v) is 12.5. The summed E-state index contributed by atoms with van der Waals surface area (Å²) in [5.74, 6) is 0. The Labute approximate surface area is 240 Å². The van der Waals surface area contributed by atoms with Crippen molar-refractivity contribution in [3.05, 3.63) is 145 Å². The summed E-state index contributed by atoms with van der Waals surface area (Å²) in [4.78, 5) is 0. The SMILES string of the molecule is [2H]c1c([2H])c([2H])c(-c2ccc3c(c2)oc2ccc(-c4c5ccccc5c(-c5c([2H])c([2H])c([2H])c([2H])c5[2H])c5ccccc45)cc23)c([2H])c1[2H]. The quantitative estimate of drug-likeness (QED) is 0.217. The molecular formula is C38H24O. The van der Waals surface area contributed by atoms with Crippen molar-refractivity contribution < 1.29 is 18.1 Å². The van der Waals surface area contributed by atoms with Crippen LogP contribution in [0.1, 0.15) is 13.7 Å². The summed E-state index contributed by atoms with van der Waals surface area (Å²) >= 11 is 0. The molecule has 0 N–H and O–H groups in total. The van der Waals surface area contributed by atoms with E-state index >= 15 is 0 Å². The fourth-order valence-electron chi connectivity index (χ4n) is 5.57. The van der Waals surface area contributed by atoms with E-state index in [-0.39, 0.29) is 47.4 Å². The molecule has 0 saturated heterocycles. The number of fused-ring (bicyclic) bond motifs is 5. The fraction of sp³-hybridized carbons (Fsp3) is 0. The summed E-state index contributed by atoms with van der Waals surface area (Å²) in [6.07, 6.45) is 0. The molecule has 0 aliphatic carbocycles. The molecule has 182 valence electrons. The smallest absolute Gasteiger partial charge is 0.136 e. The Balaban J connectivity index is 1.38. The minimum atomic E-state index is -0.447. The lowest BCUT2D eigenvalue weighted by Crippen LogP contribution is -1.90. The molecule has 0 aliphatic heterocycles. The molecule has 1 heteroatoms. The van der Waals surface area contributed by atoms with Gasteiger partial charge in [0.25, 0.3) is 0 Å². The number of hydrogen-bond acceptors (Lipinski definition) is 1. The molecule has 0 saturated carbocycles. The van der Waals surface area contributed by atoms with E-state index in [2.05, 4.69) is 0 Å².